The number of nitro benzene ring substituents is 1. The van der Waals surface area contributed by atoms with E-state index in [1.54, 1.807) is 0 Å². The summed E-state index contributed by atoms with van der Waals surface area (Å²) in [5.41, 5.74) is 0.119. The maximum atomic E-state index is 11.2. The highest BCUT2D eigenvalue weighted by atomic mass is 32.2. The van der Waals surface area contributed by atoms with Gasteiger partial charge in [-0.25, -0.2) is 13.0 Å². The van der Waals surface area contributed by atoms with Crippen LogP contribution in [0.15, 0.2) is 16.8 Å². The molecule has 1 aromatic carbocycles. The Morgan fingerprint density at radius 3 is 2.59 bits per heavy atom. The van der Waals surface area contributed by atoms with E-state index < -0.39 is 14.8 Å². The quantitative estimate of drug-likeness (QED) is 0.586. The highest BCUT2D eigenvalue weighted by Gasteiger charge is 2.20. The van der Waals surface area contributed by atoms with Gasteiger partial charge in [0.25, 0.3) is 0 Å². The molecule has 0 aliphatic carbocycles. The summed E-state index contributed by atoms with van der Waals surface area (Å²) in [6.07, 6.45) is 1.06. The van der Waals surface area contributed by atoms with Gasteiger partial charge in [0.05, 0.1) is 10.7 Å². The van der Waals surface area contributed by atoms with E-state index in [0.29, 0.717) is 5.56 Å². The maximum Gasteiger partial charge on any atom is 0.300 e. The summed E-state index contributed by atoms with van der Waals surface area (Å²) in [5.74, 6) is -0.268. The number of nitrogens with zero attached hydrogens (tertiary/aromatic N) is 3. The highest BCUT2D eigenvalue weighted by molar-refractivity contribution is 7.89. The van der Waals surface area contributed by atoms with Crippen LogP contribution in [0, 0.1) is 10.1 Å². The molecule has 0 aliphatic rings. The third-order valence-electron chi connectivity index (χ3n) is 2.09. The molecule has 0 atom stereocenters. The van der Waals surface area contributed by atoms with Crippen molar-refractivity contribution in [2.45, 2.75) is 5.75 Å². The molecule has 0 radical (unpaired) electrons. The van der Waals surface area contributed by atoms with Crippen LogP contribution in [-0.4, -0.2) is 29.9 Å². The van der Waals surface area contributed by atoms with Crippen LogP contribution >= 0.6 is 0 Å². The molecule has 8 nitrogen and oxygen atoms in total. The van der Waals surface area contributed by atoms with E-state index >= 15 is 0 Å². The van der Waals surface area contributed by atoms with Crippen molar-refractivity contribution in [1.29, 1.82) is 0 Å². The number of hydrogen-bond donors (Lipinski definition) is 0. The molecule has 0 fully saturated rings. The zero-order valence-corrected chi connectivity index (χ0v) is 9.47. The van der Waals surface area contributed by atoms with Crippen LogP contribution in [0.3, 0.4) is 0 Å². The van der Waals surface area contributed by atoms with Crippen molar-refractivity contribution in [3.63, 3.8) is 0 Å². The van der Waals surface area contributed by atoms with E-state index in [0.717, 1.165) is 6.26 Å². The molecule has 0 spiro atoms. The zero-order chi connectivity index (χ0) is 12.6. The van der Waals surface area contributed by atoms with Gasteiger partial charge in [0.2, 0.25) is 5.52 Å². The van der Waals surface area contributed by atoms with E-state index in [-0.39, 0.29) is 22.5 Å². The van der Waals surface area contributed by atoms with Gasteiger partial charge in [-0.15, -0.1) is 0 Å². The van der Waals surface area contributed by atoms with Gasteiger partial charge in [0.1, 0.15) is 5.52 Å². The normalized spacial score (nSPS) is 11.8. The second kappa shape index (κ2) is 3.77. The number of rotatable bonds is 3. The van der Waals surface area contributed by atoms with Gasteiger partial charge in [0.15, 0.2) is 9.84 Å². The minimum atomic E-state index is -3.26. The molecule has 0 amide bonds. The molecule has 2 aromatic rings. The number of fused-ring (bicyclic) bond motifs is 1. The first kappa shape index (κ1) is 11.5. The average molecular weight is 257 g/mol. The molecule has 1 heterocycles. The second-order valence-electron chi connectivity index (χ2n) is 3.53. The van der Waals surface area contributed by atoms with Crippen molar-refractivity contribution in [3.05, 3.63) is 27.8 Å². The molecular formula is C8H7N3O5S. The Morgan fingerprint density at radius 2 is 2.00 bits per heavy atom. The summed E-state index contributed by atoms with van der Waals surface area (Å²) >= 11 is 0. The van der Waals surface area contributed by atoms with Crippen molar-refractivity contribution < 1.29 is 18.0 Å². The van der Waals surface area contributed by atoms with Gasteiger partial charge >= 0.3 is 5.69 Å². The zero-order valence-electron chi connectivity index (χ0n) is 8.65. The summed E-state index contributed by atoms with van der Waals surface area (Å²) in [4.78, 5) is 10.1. The van der Waals surface area contributed by atoms with E-state index in [1.165, 1.54) is 12.1 Å². The predicted molar refractivity (Wildman–Crippen MR) is 57.0 cm³/mol. The second-order valence-corrected chi connectivity index (χ2v) is 5.67. The summed E-state index contributed by atoms with van der Waals surface area (Å²) in [6, 6.07) is 2.53. The first-order valence-electron chi connectivity index (χ1n) is 4.45. The van der Waals surface area contributed by atoms with Gasteiger partial charge in [0, 0.05) is 12.3 Å². The molecular weight excluding hydrogens is 250 g/mol. The fraction of sp³-hybridized carbons (Fsp3) is 0.250. The van der Waals surface area contributed by atoms with Gasteiger partial charge in [-0.3, -0.25) is 10.1 Å². The fourth-order valence-corrected chi connectivity index (χ4v) is 2.25. The van der Waals surface area contributed by atoms with Crippen molar-refractivity contribution in [1.82, 2.24) is 10.3 Å². The Hall–Kier alpha value is -2.03. The van der Waals surface area contributed by atoms with Crippen LogP contribution in [-0.2, 0) is 15.6 Å². The molecule has 90 valence electrons. The van der Waals surface area contributed by atoms with Crippen LogP contribution < -0.4 is 0 Å². The lowest BCUT2D eigenvalue weighted by molar-refractivity contribution is -0.383. The highest BCUT2D eigenvalue weighted by Crippen LogP contribution is 2.26. The monoisotopic (exact) mass is 257 g/mol. The molecule has 1 aromatic heterocycles. The van der Waals surface area contributed by atoms with E-state index in [1.807, 2.05) is 0 Å². The van der Waals surface area contributed by atoms with Crippen molar-refractivity contribution in [3.8, 4) is 0 Å². The topological polar surface area (TPSA) is 116 Å². The number of nitro groups is 1. The summed E-state index contributed by atoms with van der Waals surface area (Å²) in [6.45, 7) is 0. The van der Waals surface area contributed by atoms with E-state index in [2.05, 4.69) is 14.9 Å². The lowest BCUT2D eigenvalue weighted by Gasteiger charge is -1.99. The average Bonchev–Trinajstić information content (AvgIpc) is 2.63. The van der Waals surface area contributed by atoms with Gasteiger partial charge in [-0.2, -0.15) is 0 Å². The number of aromatic nitrogens is 2. The molecule has 0 aliphatic heterocycles. The third kappa shape index (κ3) is 2.23. The first-order chi connectivity index (χ1) is 7.88. The Bertz CT molecular complexity index is 690. The van der Waals surface area contributed by atoms with Crippen molar-refractivity contribution in [2.24, 2.45) is 0 Å². The molecule has 17 heavy (non-hydrogen) atoms. The van der Waals surface area contributed by atoms with Gasteiger partial charge < -0.3 is 0 Å². The van der Waals surface area contributed by atoms with E-state index in [9.17, 15) is 18.5 Å². The minimum absolute atomic E-state index is 0.0452. The Labute approximate surface area is 95.3 Å². The lowest BCUT2D eigenvalue weighted by atomic mass is 10.2. The van der Waals surface area contributed by atoms with Crippen LogP contribution in [0.2, 0.25) is 0 Å². The third-order valence-corrected chi connectivity index (χ3v) is 2.93. The minimum Gasteiger partial charge on any atom is -0.258 e. The Morgan fingerprint density at radius 1 is 1.35 bits per heavy atom. The standard InChI is InChI=1S/C8H7N3O5S/c1-17(14,15)4-5-2-3-6(11(12)13)8-7(5)9-16-10-8/h2-3H,4H2,1H3. The van der Waals surface area contributed by atoms with Gasteiger partial charge in [-0.05, 0) is 21.9 Å². The maximum absolute atomic E-state index is 11.2. The predicted octanol–water partition coefficient (Wildman–Crippen LogP) is 0.676. The number of non-ortho nitro benzene ring substituents is 1. The smallest absolute Gasteiger partial charge is 0.258 e. The summed E-state index contributed by atoms with van der Waals surface area (Å²) < 4.78 is 26.8. The van der Waals surface area contributed by atoms with E-state index in [4.69, 9.17) is 0 Å². The van der Waals surface area contributed by atoms with Crippen LogP contribution in [0.4, 0.5) is 5.69 Å². The first-order valence-corrected chi connectivity index (χ1v) is 6.51. The number of hydrogen-bond acceptors (Lipinski definition) is 7. The SMILES string of the molecule is CS(=O)(=O)Cc1ccc([N+](=O)[O-])c2nonc12. The largest absolute Gasteiger partial charge is 0.300 e. The summed E-state index contributed by atoms with van der Waals surface area (Å²) in [7, 11) is -3.26. The molecule has 0 bridgehead atoms. The van der Waals surface area contributed by atoms with Gasteiger partial charge in [-0.1, -0.05) is 0 Å². The summed E-state index contributed by atoms with van der Waals surface area (Å²) in [5, 5.41) is 17.6. The Kier molecular flexibility index (Phi) is 2.54. The number of sulfone groups is 1. The number of benzene rings is 1. The Balaban J connectivity index is 2.65. The molecule has 0 N–H and O–H groups in total. The molecule has 0 saturated heterocycles. The lowest BCUT2D eigenvalue weighted by Crippen LogP contribution is -2.02. The molecule has 0 unspecified atom stereocenters. The van der Waals surface area contributed by atoms with Crippen LogP contribution in [0.1, 0.15) is 5.56 Å². The molecule has 9 heteroatoms. The van der Waals surface area contributed by atoms with Crippen molar-refractivity contribution >= 4 is 26.6 Å². The molecule has 2 rings (SSSR count). The fourth-order valence-electron chi connectivity index (χ4n) is 1.45. The van der Waals surface area contributed by atoms with Crippen LogP contribution in [0.5, 0.6) is 0 Å². The van der Waals surface area contributed by atoms with Crippen LogP contribution in [0.25, 0.3) is 11.0 Å². The molecule has 0 saturated carbocycles. The van der Waals surface area contributed by atoms with Crippen molar-refractivity contribution in [2.75, 3.05) is 6.26 Å².